The van der Waals surface area contributed by atoms with E-state index in [2.05, 4.69) is 6.92 Å². The standard InChI is InChI=1S/C28H43F3Si/c1-2-3-6-19-32-20-17-25(18-21-32)24-13-9-22(10-14-24)7-4-5-8-23-11-15-26(16-12-23)27(29)28(30)31/h11-12,15-16,22,24-25,32H,2-10,13-14,17-21H2,1H3/t22-,24-,25?,32?. The smallest absolute Gasteiger partial charge is 0.200 e. The van der Waals surface area contributed by atoms with Crippen molar-refractivity contribution in [2.24, 2.45) is 17.8 Å². The predicted octanol–water partition coefficient (Wildman–Crippen LogP) is 9.57. The maximum absolute atomic E-state index is 13.3. The summed E-state index contributed by atoms with van der Waals surface area (Å²) in [6.45, 7) is 2.32. The van der Waals surface area contributed by atoms with E-state index in [4.69, 9.17) is 0 Å². The van der Waals surface area contributed by atoms with Crippen LogP contribution >= 0.6 is 0 Å². The molecule has 0 nitrogen and oxygen atoms in total. The second-order valence-electron chi connectivity index (χ2n) is 10.6. The average Bonchev–Trinajstić information content (AvgIpc) is 2.83. The Morgan fingerprint density at radius 2 is 1.47 bits per heavy atom. The van der Waals surface area contributed by atoms with Crippen LogP contribution < -0.4 is 0 Å². The molecule has 1 aliphatic heterocycles. The topological polar surface area (TPSA) is 0 Å². The van der Waals surface area contributed by atoms with Gasteiger partial charge in [-0.25, -0.2) is 4.39 Å². The van der Waals surface area contributed by atoms with E-state index in [9.17, 15) is 13.2 Å². The first-order valence-electron chi connectivity index (χ1n) is 13.4. The molecule has 1 saturated carbocycles. The first kappa shape index (κ1) is 25.6. The third-order valence-electron chi connectivity index (χ3n) is 8.37. The van der Waals surface area contributed by atoms with Gasteiger partial charge in [-0.15, -0.1) is 0 Å². The number of benzene rings is 1. The Hall–Kier alpha value is -1.03. The minimum Gasteiger partial charge on any atom is -0.200 e. The summed E-state index contributed by atoms with van der Waals surface area (Å²) < 4.78 is 37.9. The minimum atomic E-state index is -2.25. The van der Waals surface area contributed by atoms with E-state index in [0.29, 0.717) is 0 Å². The molecule has 2 fully saturated rings. The molecule has 1 aliphatic carbocycles. The van der Waals surface area contributed by atoms with Crippen LogP contribution in [0.25, 0.3) is 5.83 Å². The van der Waals surface area contributed by atoms with Gasteiger partial charge in [-0.05, 0) is 49.0 Å². The van der Waals surface area contributed by atoms with E-state index in [-0.39, 0.29) is 14.4 Å². The van der Waals surface area contributed by atoms with Crippen LogP contribution in [0, 0.1) is 17.8 Å². The third-order valence-corrected chi connectivity index (χ3v) is 11.9. The zero-order valence-corrected chi connectivity index (χ0v) is 21.2. The van der Waals surface area contributed by atoms with Crippen molar-refractivity contribution in [3.05, 3.63) is 41.5 Å². The molecular weight excluding hydrogens is 421 g/mol. The quantitative estimate of drug-likeness (QED) is 0.226. The summed E-state index contributed by atoms with van der Waals surface area (Å²) in [7, 11) is -0.375. The van der Waals surface area contributed by atoms with Crippen LogP contribution in [0.5, 0.6) is 0 Å². The lowest BCUT2D eigenvalue weighted by Gasteiger charge is -2.37. The first-order valence-corrected chi connectivity index (χ1v) is 15.8. The Balaban J connectivity index is 1.27. The molecule has 2 aliphatic rings. The number of hydrogen-bond donors (Lipinski definition) is 0. The van der Waals surface area contributed by atoms with Crippen molar-refractivity contribution < 1.29 is 13.2 Å². The van der Waals surface area contributed by atoms with E-state index in [1.165, 1.54) is 69.9 Å². The lowest BCUT2D eigenvalue weighted by atomic mass is 9.73. The van der Waals surface area contributed by atoms with Gasteiger partial charge in [0.05, 0.1) is 0 Å². The predicted molar refractivity (Wildman–Crippen MR) is 134 cm³/mol. The molecule has 0 spiro atoms. The van der Waals surface area contributed by atoms with Gasteiger partial charge in [-0.1, -0.05) is 107 Å². The summed E-state index contributed by atoms with van der Waals surface area (Å²) in [4.78, 5) is 0. The SMILES string of the molecule is CCCCC[SiH]1CCC([C@H]2CC[C@H](CCCCc3ccc(C(F)=C(F)F)cc3)CC2)CC1. The van der Waals surface area contributed by atoms with E-state index in [1.54, 1.807) is 43.1 Å². The van der Waals surface area contributed by atoms with Crippen LogP contribution in [0.2, 0.25) is 18.1 Å². The molecule has 0 unspecified atom stereocenters. The highest BCUT2D eigenvalue weighted by Gasteiger charge is 2.30. The maximum Gasteiger partial charge on any atom is 0.306 e. The van der Waals surface area contributed by atoms with Crippen LogP contribution in [0.1, 0.15) is 95.1 Å². The Labute approximate surface area is 195 Å². The second-order valence-corrected chi connectivity index (χ2v) is 14.0. The van der Waals surface area contributed by atoms with Crippen molar-refractivity contribution in [1.82, 2.24) is 0 Å². The van der Waals surface area contributed by atoms with E-state index in [0.717, 1.165) is 36.2 Å². The molecule has 1 aromatic rings. The molecule has 0 radical (unpaired) electrons. The second kappa shape index (κ2) is 13.6. The molecule has 0 amide bonds. The van der Waals surface area contributed by atoms with Gasteiger partial charge in [0.1, 0.15) is 0 Å². The summed E-state index contributed by atoms with van der Waals surface area (Å²) in [6, 6.07) is 11.4. The fourth-order valence-electron chi connectivity index (χ4n) is 6.27. The van der Waals surface area contributed by atoms with Crippen LogP contribution in [0.3, 0.4) is 0 Å². The molecule has 180 valence electrons. The number of hydrogen-bond acceptors (Lipinski definition) is 0. The fourth-order valence-corrected chi connectivity index (χ4v) is 9.80. The van der Waals surface area contributed by atoms with Crippen molar-refractivity contribution in [1.29, 1.82) is 0 Å². The Kier molecular flexibility index (Phi) is 10.9. The summed E-state index contributed by atoms with van der Waals surface area (Å²) >= 11 is 0. The summed E-state index contributed by atoms with van der Waals surface area (Å²) in [5, 5.41) is 0. The van der Waals surface area contributed by atoms with Gasteiger partial charge in [-0.2, -0.15) is 8.78 Å². The van der Waals surface area contributed by atoms with Crippen LogP contribution in [-0.2, 0) is 6.42 Å². The molecule has 0 N–H and O–H groups in total. The number of unbranched alkanes of at least 4 members (excludes halogenated alkanes) is 3. The molecule has 32 heavy (non-hydrogen) atoms. The van der Waals surface area contributed by atoms with Gasteiger partial charge in [-0.3, -0.25) is 0 Å². The largest absolute Gasteiger partial charge is 0.306 e. The van der Waals surface area contributed by atoms with Crippen molar-refractivity contribution in [3.63, 3.8) is 0 Å². The Bertz CT molecular complexity index is 679. The van der Waals surface area contributed by atoms with Crippen LogP contribution in [0.4, 0.5) is 13.2 Å². The fraction of sp³-hybridized carbons (Fsp3) is 0.714. The van der Waals surface area contributed by atoms with Gasteiger partial charge in [0.15, 0.2) is 5.83 Å². The monoisotopic (exact) mass is 464 g/mol. The van der Waals surface area contributed by atoms with Crippen molar-refractivity contribution in [2.75, 3.05) is 0 Å². The summed E-state index contributed by atoms with van der Waals surface area (Å²) in [6.07, 6.45) is 15.6. The average molecular weight is 465 g/mol. The molecule has 3 rings (SSSR count). The Morgan fingerprint density at radius 1 is 0.812 bits per heavy atom. The molecular formula is C28H43F3Si. The minimum absolute atomic E-state index is 0.0298. The molecule has 0 bridgehead atoms. The highest BCUT2D eigenvalue weighted by molar-refractivity contribution is 6.58. The lowest BCUT2D eigenvalue weighted by Crippen LogP contribution is -2.28. The molecule has 1 saturated heterocycles. The highest BCUT2D eigenvalue weighted by atomic mass is 28.3. The number of rotatable bonds is 11. The van der Waals surface area contributed by atoms with E-state index >= 15 is 0 Å². The van der Waals surface area contributed by atoms with E-state index < -0.39 is 11.9 Å². The summed E-state index contributed by atoms with van der Waals surface area (Å²) in [5.74, 6) is 1.55. The van der Waals surface area contributed by atoms with Gasteiger partial charge in [0.25, 0.3) is 0 Å². The molecule has 1 heterocycles. The van der Waals surface area contributed by atoms with Crippen LogP contribution in [0.15, 0.2) is 30.3 Å². The zero-order chi connectivity index (χ0) is 22.8. The molecule has 1 aromatic carbocycles. The Morgan fingerprint density at radius 3 is 2.09 bits per heavy atom. The van der Waals surface area contributed by atoms with Crippen molar-refractivity contribution in [2.45, 2.75) is 109 Å². The van der Waals surface area contributed by atoms with E-state index in [1.807, 2.05) is 0 Å². The zero-order valence-electron chi connectivity index (χ0n) is 20.1. The normalized spacial score (nSPS) is 26.1. The summed E-state index contributed by atoms with van der Waals surface area (Å²) in [5.41, 5.74) is 1.08. The van der Waals surface area contributed by atoms with Gasteiger partial charge in [0, 0.05) is 14.4 Å². The highest BCUT2D eigenvalue weighted by Crippen LogP contribution is 2.42. The van der Waals surface area contributed by atoms with Gasteiger partial charge in [0.2, 0.25) is 0 Å². The van der Waals surface area contributed by atoms with Gasteiger partial charge >= 0.3 is 6.08 Å². The number of aryl methyl sites for hydroxylation is 1. The lowest BCUT2D eigenvalue weighted by molar-refractivity contribution is 0.184. The molecule has 0 atom stereocenters. The third kappa shape index (κ3) is 8.08. The van der Waals surface area contributed by atoms with Gasteiger partial charge < -0.3 is 0 Å². The number of halogens is 3. The van der Waals surface area contributed by atoms with Crippen molar-refractivity contribution >= 4 is 14.6 Å². The maximum atomic E-state index is 13.3. The molecule has 0 aromatic heterocycles. The van der Waals surface area contributed by atoms with Crippen molar-refractivity contribution in [3.8, 4) is 0 Å². The first-order chi connectivity index (χ1) is 15.6. The molecule has 4 heteroatoms. The van der Waals surface area contributed by atoms with Crippen LogP contribution in [-0.4, -0.2) is 8.80 Å².